The highest BCUT2D eigenvalue weighted by Crippen LogP contribution is 2.06. The standard InChI is InChI=1S/C17H28O3/c1-2-3-4-5-6-7-8-9-10-11-12-13-14-20-16-17(19)15-18/h9-10,13-14,17-19H,2-8,15-16H2,1H3. The summed E-state index contributed by atoms with van der Waals surface area (Å²) in [5.41, 5.74) is 0. The number of ether oxygens (including phenoxy) is 1. The van der Waals surface area contributed by atoms with Gasteiger partial charge in [-0.1, -0.05) is 56.9 Å². The van der Waals surface area contributed by atoms with Gasteiger partial charge in [-0.3, -0.25) is 0 Å². The second-order valence-electron chi connectivity index (χ2n) is 4.72. The molecule has 0 fully saturated rings. The topological polar surface area (TPSA) is 49.7 Å². The summed E-state index contributed by atoms with van der Waals surface area (Å²) in [5.74, 6) is 5.70. The predicted molar refractivity (Wildman–Crippen MR) is 83.1 cm³/mol. The number of unbranched alkanes of at least 4 members (excludes halogenated alkanes) is 6. The van der Waals surface area contributed by atoms with E-state index in [1.54, 1.807) is 6.08 Å². The lowest BCUT2D eigenvalue weighted by Gasteiger charge is -2.04. The minimum atomic E-state index is -0.829. The van der Waals surface area contributed by atoms with Crippen molar-refractivity contribution in [3.8, 4) is 11.8 Å². The van der Waals surface area contributed by atoms with Gasteiger partial charge < -0.3 is 14.9 Å². The van der Waals surface area contributed by atoms with E-state index in [4.69, 9.17) is 14.9 Å². The Labute approximate surface area is 123 Å². The van der Waals surface area contributed by atoms with Crippen molar-refractivity contribution in [1.82, 2.24) is 0 Å². The Balaban J connectivity index is 3.42. The smallest absolute Gasteiger partial charge is 0.115 e. The highest BCUT2D eigenvalue weighted by molar-refractivity contribution is 5.22. The van der Waals surface area contributed by atoms with E-state index in [0.29, 0.717) is 0 Å². The molecule has 114 valence electrons. The highest BCUT2D eigenvalue weighted by atomic mass is 16.5. The van der Waals surface area contributed by atoms with Crippen LogP contribution in [0.2, 0.25) is 0 Å². The molecule has 0 bridgehead atoms. The zero-order valence-corrected chi connectivity index (χ0v) is 12.6. The highest BCUT2D eigenvalue weighted by Gasteiger charge is 1.98. The molecule has 3 nitrogen and oxygen atoms in total. The van der Waals surface area contributed by atoms with Crippen molar-refractivity contribution in [3.05, 3.63) is 24.5 Å². The van der Waals surface area contributed by atoms with Crippen molar-refractivity contribution >= 4 is 0 Å². The largest absolute Gasteiger partial charge is 0.498 e. The van der Waals surface area contributed by atoms with Gasteiger partial charge in [-0.15, -0.1) is 0 Å². The Kier molecular flexibility index (Phi) is 14.8. The first kappa shape index (κ1) is 18.8. The fourth-order valence-corrected chi connectivity index (χ4v) is 1.58. The van der Waals surface area contributed by atoms with Gasteiger partial charge in [0.15, 0.2) is 0 Å². The van der Waals surface area contributed by atoms with Gasteiger partial charge in [-0.2, -0.15) is 0 Å². The van der Waals surface area contributed by atoms with Crippen molar-refractivity contribution in [1.29, 1.82) is 0 Å². The van der Waals surface area contributed by atoms with Gasteiger partial charge >= 0.3 is 0 Å². The average molecular weight is 280 g/mol. The number of hydrogen-bond acceptors (Lipinski definition) is 3. The monoisotopic (exact) mass is 280 g/mol. The van der Waals surface area contributed by atoms with E-state index in [9.17, 15) is 0 Å². The number of rotatable bonds is 11. The molecular formula is C17H28O3. The Hall–Kier alpha value is -1.24. The van der Waals surface area contributed by atoms with Gasteiger partial charge in [0, 0.05) is 6.08 Å². The molecule has 0 heterocycles. The zero-order chi connectivity index (χ0) is 14.9. The van der Waals surface area contributed by atoms with E-state index in [2.05, 4.69) is 24.8 Å². The van der Waals surface area contributed by atoms with Crippen LogP contribution < -0.4 is 0 Å². The summed E-state index contributed by atoms with van der Waals surface area (Å²) in [5, 5.41) is 17.5. The molecule has 0 aliphatic heterocycles. The fraction of sp³-hybridized carbons (Fsp3) is 0.647. The number of allylic oxidation sites excluding steroid dienone is 3. The molecule has 0 aromatic heterocycles. The Morgan fingerprint density at radius 2 is 1.75 bits per heavy atom. The molecule has 1 atom stereocenters. The molecule has 0 saturated heterocycles. The minimum Gasteiger partial charge on any atom is -0.498 e. The number of aliphatic hydroxyl groups is 2. The molecule has 1 unspecified atom stereocenters. The summed E-state index contributed by atoms with van der Waals surface area (Å²) in [7, 11) is 0. The molecule has 20 heavy (non-hydrogen) atoms. The number of aliphatic hydroxyl groups excluding tert-OH is 2. The molecule has 0 saturated carbocycles. The van der Waals surface area contributed by atoms with E-state index in [1.807, 2.05) is 6.08 Å². The van der Waals surface area contributed by atoms with Crippen molar-refractivity contribution < 1.29 is 14.9 Å². The minimum absolute atomic E-state index is 0.0859. The lowest BCUT2D eigenvalue weighted by Crippen LogP contribution is -2.17. The third kappa shape index (κ3) is 14.8. The SMILES string of the molecule is CCCCCCCCC=CC#CC=COCC(O)CO. The quantitative estimate of drug-likeness (QED) is 0.347. The van der Waals surface area contributed by atoms with Gasteiger partial charge in [0.2, 0.25) is 0 Å². The summed E-state index contributed by atoms with van der Waals surface area (Å²) < 4.78 is 4.96. The lowest BCUT2D eigenvalue weighted by molar-refractivity contribution is 0.0385. The van der Waals surface area contributed by atoms with Gasteiger partial charge in [-0.05, 0) is 18.9 Å². The summed E-state index contributed by atoms with van der Waals surface area (Å²) in [6.07, 6.45) is 15.1. The second kappa shape index (κ2) is 15.8. The lowest BCUT2D eigenvalue weighted by atomic mass is 10.1. The summed E-state index contributed by atoms with van der Waals surface area (Å²) in [6, 6.07) is 0. The van der Waals surface area contributed by atoms with Crippen LogP contribution in [-0.4, -0.2) is 29.5 Å². The molecule has 0 aliphatic carbocycles. The Morgan fingerprint density at radius 3 is 2.50 bits per heavy atom. The summed E-state index contributed by atoms with van der Waals surface area (Å²) in [4.78, 5) is 0. The van der Waals surface area contributed by atoms with Crippen LogP contribution in [0.1, 0.15) is 51.9 Å². The first-order valence-corrected chi connectivity index (χ1v) is 7.52. The molecular weight excluding hydrogens is 252 g/mol. The third-order valence-corrected chi connectivity index (χ3v) is 2.76. The molecule has 0 rings (SSSR count). The maximum absolute atomic E-state index is 8.99. The first-order chi connectivity index (χ1) is 9.81. The van der Waals surface area contributed by atoms with E-state index in [-0.39, 0.29) is 13.2 Å². The maximum Gasteiger partial charge on any atom is 0.115 e. The van der Waals surface area contributed by atoms with Crippen molar-refractivity contribution in [2.75, 3.05) is 13.2 Å². The van der Waals surface area contributed by atoms with Crippen LogP contribution in [0.25, 0.3) is 0 Å². The molecule has 0 aromatic rings. The zero-order valence-electron chi connectivity index (χ0n) is 12.6. The molecule has 0 amide bonds. The van der Waals surface area contributed by atoms with Gasteiger partial charge in [-0.25, -0.2) is 0 Å². The molecule has 0 aromatic carbocycles. The maximum atomic E-state index is 8.99. The molecule has 3 heteroatoms. The fourth-order valence-electron chi connectivity index (χ4n) is 1.58. The van der Waals surface area contributed by atoms with Gasteiger partial charge in [0.05, 0.1) is 12.9 Å². The number of hydrogen-bond donors (Lipinski definition) is 2. The Bertz CT molecular complexity index is 310. The van der Waals surface area contributed by atoms with E-state index in [1.165, 1.54) is 44.8 Å². The predicted octanol–water partition coefficient (Wildman–Crippen LogP) is 3.18. The Morgan fingerprint density at radius 1 is 1.05 bits per heavy atom. The average Bonchev–Trinajstić information content (AvgIpc) is 2.47. The summed E-state index contributed by atoms with van der Waals surface area (Å²) in [6.45, 7) is 2.03. The van der Waals surface area contributed by atoms with Gasteiger partial charge in [0.25, 0.3) is 0 Å². The second-order valence-corrected chi connectivity index (χ2v) is 4.72. The van der Waals surface area contributed by atoms with Crippen LogP contribution in [0.4, 0.5) is 0 Å². The van der Waals surface area contributed by atoms with Crippen LogP contribution in [0.15, 0.2) is 24.5 Å². The van der Waals surface area contributed by atoms with Crippen LogP contribution >= 0.6 is 0 Å². The normalized spacial score (nSPS) is 12.6. The van der Waals surface area contributed by atoms with Crippen LogP contribution in [0.3, 0.4) is 0 Å². The third-order valence-electron chi connectivity index (χ3n) is 2.76. The molecule has 2 N–H and O–H groups in total. The van der Waals surface area contributed by atoms with Crippen molar-refractivity contribution in [2.45, 2.75) is 58.0 Å². The molecule has 0 spiro atoms. The van der Waals surface area contributed by atoms with Crippen molar-refractivity contribution in [2.24, 2.45) is 0 Å². The molecule has 0 radical (unpaired) electrons. The van der Waals surface area contributed by atoms with E-state index < -0.39 is 6.10 Å². The first-order valence-electron chi connectivity index (χ1n) is 7.52. The van der Waals surface area contributed by atoms with Crippen molar-refractivity contribution in [3.63, 3.8) is 0 Å². The molecule has 0 aliphatic rings. The van der Waals surface area contributed by atoms with Crippen LogP contribution in [-0.2, 0) is 4.74 Å². The van der Waals surface area contributed by atoms with Gasteiger partial charge in [0.1, 0.15) is 12.7 Å². The van der Waals surface area contributed by atoms with Crippen LogP contribution in [0.5, 0.6) is 0 Å². The van der Waals surface area contributed by atoms with E-state index in [0.717, 1.165) is 6.42 Å². The van der Waals surface area contributed by atoms with Crippen LogP contribution in [0, 0.1) is 11.8 Å². The summed E-state index contributed by atoms with van der Waals surface area (Å²) >= 11 is 0. The van der Waals surface area contributed by atoms with E-state index >= 15 is 0 Å².